The molecule has 2 aromatic rings. The van der Waals surface area contributed by atoms with E-state index in [1.54, 1.807) is 12.1 Å². The van der Waals surface area contributed by atoms with E-state index < -0.39 is 51.2 Å². The maximum Gasteiger partial charge on any atom is 0.242 e. The van der Waals surface area contributed by atoms with Crippen LogP contribution >= 0.6 is 11.6 Å². The first-order valence-corrected chi connectivity index (χ1v) is 17.0. The Morgan fingerprint density at radius 1 is 1.19 bits per heavy atom. The summed E-state index contributed by atoms with van der Waals surface area (Å²) in [5.74, 6) is -2.43. The van der Waals surface area contributed by atoms with Crippen molar-refractivity contribution in [3.63, 3.8) is 0 Å². The summed E-state index contributed by atoms with van der Waals surface area (Å²) in [6, 6.07) is 7.80. The normalized spacial score (nSPS) is 28.0. The number of halogens is 3. The summed E-state index contributed by atoms with van der Waals surface area (Å²) >= 11 is 6.14. The number of nitrogens with two attached hydrogens (primary N) is 1. The van der Waals surface area contributed by atoms with Crippen LogP contribution in [0, 0.1) is 17.6 Å². The van der Waals surface area contributed by atoms with Crippen LogP contribution in [-0.4, -0.2) is 67.8 Å². The summed E-state index contributed by atoms with van der Waals surface area (Å²) in [4.78, 5) is 13.7. The molecule has 3 fully saturated rings. The predicted octanol–water partition coefficient (Wildman–Crippen LogP) is 4.57. The number of nitrogens with one attached hydrogen (secondary N) is 2. The van der Waals surface area contributed by atoms with Crippen molar-refractivity contribution in [1.29, 1.82) is 0 Å². The number of hydrogen-bond donors (Lipinski definition) is 3. The second-order valence-electron chi connectivity index (χ2n) is 12.7. The van der Waals surface area contributed by atoms with Gasteiger partial charge in [-0.25, -0.2) is 17.2 Å². The van der Waals surface area contributed by atoms with Crippen LogP contribution in [0.25, 0.3) is 0 Å². The van der Waals surface area contributed by atoms with Crippen LogP contribution in [0.3, 0.4) is 0 Å². The van der Waals surface area contributed by atoms with Crippen molar-refractivity contribution < 1.29 is 26.7 Å². The molecule has 3 saturated heterocycles. The summed E-state index contributed by atoms with van der Waals surface area (Å²) in [5.41, 5.74) is 6.80. The third-order valence-corrected chi connectivity index (χ3v) is 11.3. The fourth-order valence-electron chi connectivity index (χ4n) is 6.94. The van der Waals surface area contributed by atoms with Crippen LogP contribution in [0.5, 0.6) is 0 Å². The van der Waals surface area contributed by atoms with Gasteiger partial charge in [-0.1, -0.05) is 23.7 Å². The Bertz CT molecular complexity index is 1430. The summed E-state index contributed by atoms with van der Waals surface area (Å²) in [5, 5.41) is 6.56. The number of benzene rings is 2. The highest BCUT2D eigenvalue weighted by molar-refractivity contribution is 7.89. The van der Waals surface area contributed by atoms with Crippen molar-refractivity contribution in [2.45, 2.75) is 82.0 Å². The highest BCUT2D eigenvalue weighted by atomic mass is 35.5. The van der Waals surface area contributed by atoms with E-state index in [0.29, 0.717) is 44.0 Å². The van der Waals surface area contributed by atoms with Crippen LogP contribution in [0.15, 0.2) is 36.4 Å². The number of anilines is 1. The van der Waals surface area contributed by atoms with E-state index in [9.17, 15) is 13.2 Å². The van der Waals surface area contributed by atoms with E-state index in [4.69, 9.17) is 22.1 Å². The van der Waals surface area contributed by atoms with E-state index in [1.165, 1.54) is 4.31 Å². The van der Waals surface area contributed by atoms with Crippen LogP contribution < -0.4 is 16.4 Å². The van der Waals surface area contributed by atoms with Gasteiger partial charge in [-0.3, -0.25) is 4.79 Å². The second-order valence-corrected chi connectivity index (χ2v) is 15.1. The lowest BCUT2D eigenvalue weighted by atomic mass is 9.73. The maximum atomic E-state index is 15.3. The minimum atomic E-state index is -3.44. The fraction of sp³-hybridized carbons (Fsp3) is 0.581. The molecular weight excluding hydrogens is 598 g/mol. The van der Waals surface area contributed by atoms with Gasteiger partial charge in [-0.2, -0.15) is 4.31 Å². The fourth-order valence-corrected chi connectivity index (χ4v) is 8.88. The SMILES string of the molecule is CC1(C)C[C@@H](C(c2ccc(Cl)cc2)C(N)C(=O)Nc2c(F)ccc(F)c2CC[C@H]2CN[C@@H]3CCCS(=O)(=O)N2C3)CCO1. The lowest BCUT2D eigenvalue weighted by Crippen LogP contribution is -2.57. The topological polar surface area (TPSA) is 114 Å². The molecule has 3 aliphatic rings. The number of piperazine rings is 1. The van der Waals surface area contributed by atoms with Gasteiger partial charge in [0.2, 0.25) is 15.9 Å². The van der Waals surface area contributed by atoms with Crippen LogP contribution in [0.1, 0.15) is 63.0 Å². The van der Waals surface area contributed by atoms with Gasteiger partial charge in [0.25, 0.3) is 0 Å². The quantitative estimate of drug-likeness (QED) is 0.390. The van der Waals surface area contributed by atoms with Gasteiger partial charge in [-0.15, -0.1) is 0 Å². The van der Waals surface area contributed by atoms with E-state index in [1.807, 2.05) is 26.0 Å². The van der Waals surface area contributed by atoms with Crippen LogP contribution in [0.2, 0.25) is 5.02 Å². The average Bonchev–Trinajstić information content (AvgIpc) is 3.07. The molecule has 12 heteroatoms. The predicted molar refractivity (Wildman–Crippen MR) is 164 cm³/mol. The molecule has 0 aliphatic carbocycles. The van der Waals surface area contributed by atoms with Crippen molar-refractivity contribution >= 4 is 33.2 Å². The number of hydrogen-bond acceptors (Lipinski definition) is 6. The zero-order chi connectivity index (χ0) is 30.9. The Kier molecular flexibility index (Phi) is 9.80. The number of amides is 1. The summed E-state index contributed by atoms with van der Waals surface area (Å²) in [6.45, 7) is 5.31. The Labute approximate surface area is 257 Å². The van der Waals surface area contributed by atoms with E-state index in [0.717, 1.165) is 24.1 Å². The molecule has 0 aromatic heterocycles. The number of fused-ring (bicyclic) bond motifs is 2. The molecule has 3 unspecified atom stereocenters. The first-order valence-electron chi connectivity index (χ1n) is 15.0. The first-order chi connectivity index (χ1) is 20.3. The van der Waals surface area contributed by atoms with Crippen LogP contribution in [0.4, 0.5) is 14.5 Å². The maximum absolute atomic E-state index is 15.3. The highest BCUT2D eigenvalue weighted by Gasteiger charge is 2.40. The number of ether oxygens (including phenoxy) is 1. The van der Waals surface area contributed by atoms with Gasteiger partial charge < -0.3 is 21.1 Å². The second kappa shape index (κ2) is 13.1. The summed E-state index contributed by atoms with van der Waals surface area (Å²) < 4.78 is 63.7. The Hall–Kier alpha value is -2.15. The molecule has 2 aromatic carbocycles. The molecule has 0 spiro atoms. The third-order valence-electron chi connectivity index (χ3n) is 9.13. The first kappa shape index (κ1) is 32.2. The molecule has 3 aliphatic heterocycles. The molecular formula is C31H41ClF2N4O4S. The zero-order valence-electron chi connectivity index (χ0n) is 24.6. The van der Waals surface area contributed by atoms with Crippen molar-refractivity contribution in [1.82, 2.24) is 9.62 Å². The van der Waals surface area contributed by atoms with Gasteiger partial charge in [0.15, 0.2) is 0 Å². The molecule has 8 nitrogen and oxygen atoms in total. The van der Waals surface area contributed by atoms with Gasteiger partial charge >= 0.3 is 0 Å². The summed E-state index contributed by atoms with van der Waals surface area (Å²) in [6.07, 6.45) is 3.01. The minimum absolute atomic E-state index is 0.000651. The number of nitrogens with zero attached hydrogens (tertiary/aromatic N) is 1. The molecule has 43 heavy (non-hydrogen) atoms. The monoisotopic (exact) mass is 638 g/mol. The van der Waals surface area contributed by atoms with Crippen molar-refractivity contribution in [3.8, 4) is 0 Å². The minimum Gasteiger partial charge on any atom is -0.376 e. The molecule has 3 heterocycles. The van der Waals surface area contributed by atoms with Gasteiger partial charge in [0, 0.05) is 48.3 Å². The third kappa shape index (κ3) is 7.40. The molecule has 4 N–H and O–H groups in total. The lowest BCUT2D eigenvalue weighted by molar-refractivity contribution is -0.119. The largest absolute Gasteiger partial charge is 0.376 e. The van der Waals surface area contributed by atoms with Gasteiger partial charge in [-0.05, 0) is 88.1 Å². The Balaban J connectivity index is 1.37. The highest BCUT2D eigenvalue weighted by Crippen LogP contribution is 2.40. The van der Waals surface area contributed by atoms with Gasteiger partial charge in [0.1, 0.15) is 11.6 Å². The smallest absolute Gasteiger partial charge is 0.242 e. The number of rotatable bonds is 8. The standard InChI is InChI=1S/C31H41ClF2N4O4S/c1-31(2)16-20(13-14-42-31)27(19-5-7-21(32)8-6-19)28(35)30(39)37-29-24(25(33)11-12-26(29)34)10-9-23-17-36-22-4-3-15-43(40,41)38(23)18-22/h5-8,11-12,20,22-23,27-28,36H,3-4,9-10,13-18,35H2,1-2H3,(H,37,39)/t20-,22+,23-,27?,28?/m0/s1. The molecule has 6 atom stereocenters. The molecule has 5 rings (SSSR count). The van der Waals surface area contributed by atoms with E-state index in [-0.39, 0.29) is 41.8 Å². The molecule has 2 bridgehead atoms. The summed E-state index contributed by atoms with van der Waals surface area (Å²) in [7, 11) is -3.44. The molecule has 0 radical (unpaired) electrons. The van der Waals surface area contributed by atoms with Gasteiger partial charge in [0.05, 0.1) is 23.1 Å². The lowest BCUT2D eigenvalue weighted by Gasteiger charge is -2.41. The Morgan fingerprint density at radius 3 is 2.63 bits per heavy atom. The van der Waals surface area contributed by atoms with E-state index in [2.05, 4.69) is 10.6 Å². The average molecular weight is 639 g/mol. The number of sulfonamides is 1. The Morgan fingerprint density at radius 2 is 1.91 bits per heavy atom. The number of carbonyl (C=O) groups is 1. The molecule has 236 valence electrons. The molecule has 1 amide bonds. The van der Waals surface area contributed by atoms with Crippen molar-refractivity contribution in [2.24, 2.45) is 11.7 Å². The zero-order valence-corrected chi connectivity index (χ0v) is 26.2. The molecule has 0 saturated carbocycles. The van der Waals surface area contributed by atoms with Crippen molar-refractivity contribution in [3.05, 3.63) is 64.2 Å². The van der Waals surface area contributed by atoms with Crippen LogP contribution in [-0.2, 0) is 26.0 Å². The van der Waals surface area contributed by atoms with Crippen molar-refractivity contribution in [2.75, 3.05) is 30.8 Å². The number of carbonyl (C=O) groups excluding carboxylic acids is 1. The van der Waals surface area contributed by atoms with E-state index >= 15 is 8.78 Å².